The number of carbonyl (C=O) groups is 2. The maximum Gasteiger partial charge on any atom is 0.257 e. The van der Waals surface area contributed by atoms with Gasteiger partial charge in [0.1, 0.15) is 11.6 Å². The van der Waals surface area contributed by atoms with Gasteiger partial charge in [-0.05, 0) is 37.3 Å². The van der Waals surface area contributed by atoms with Crippen LogP contribution in [0.4, 0.5) is 5.82 Å². The topological polar surface area (TPSA) is 71.5 Å². The molecule has 7 heteroatoms. The number of anilines is 1. The first-order valence-corrected chi connectivity index (χ1v) is 7.61. The van der Waals surface area contributed by atoms with Gasteiger partial charge >= 0.3 is 0 Å². The Balaban J connectivity index is 2.05. The SMILES string of the molecule is COc1cc(Cl)ccc1C(=O)N(C)CC(=O)Nc1cccc(C)n1. The highest BCUT2D eigenvalue weighted by atomic mass is 35.5. The van der Waals surface area contributed by atoms with Gasteiger partial charge in [-0.2, -0.15) is 0 Å². The van der Waals surface area contributed by atoms with Crippen molar-refractivity contribution in [1.29, 1.82) is 0 Å². The molecule has 0 radical (unpaired) electrons. The zero-order valence-electron chi connectivity index (χ0n) is 13.7. The van der Waals surface area contributed by atoms with E-state index < -0.39 is 0 Å². The Hall–Kier alpha value is -2.60. The van der Waals surface area contributed by atoms with E-state index in [-0.39, 0.29) is 18.4 Å². The molecule has 0 aliphatic heterocycles. The molecule has 0 bridgehead atoms. The van der Waals surface area contributed by atoms with Crippen molar-refractivity contribution in [3.63, 3.8) is 0 Å². The standard InChI is InChI=1S/C17H18ClN3O3/c1-11-5-4-6-15(19-11)20-16(22)10-21(2)17(23)13-8-7-12(18)9-14(13)24-3/h4-9H,10H2,1-3H3,(H,19,20,22). The fraction of sp³-hybridized carbons (Fsp3) is 0.235. The molecule has 0 saturated carbocycles. The molecule has 6 nitrogen and oxygen atoms in total. The molecule has 1 aromatic carbocycles. The highest BCUT2D eigenvalue weighted by Gasteiger charge is 2.19. The van der Waals surface area contributed by atoms with Crippen LogP contribution in [-0.2, 0) is 4.79 Å². The van der Waals surface area contributed by atoms with Gasteiger partial charge < -0.3 is 15.0 Å². The molecule has 2 amide bonds. The van der Waals surface area contributed by atoms with E-state index >= 15 is 0 Å². The highest BCUT2D eigenvalue weighted by Crippen LogP contribution is 2.24. The van der Waals surface area contributed by atoms with Crippen LogP contribution in [0.1, 0.15) is 16.1 Å². The minimum absolute atomic E-state index is 0.111. The van der Waals surface area contributed by atoms with E-state index in [9.17, 15) is 9.59 Å². The Morgan fingerprint density at radius 2 is 2.04 bits per heavy atom. The first-order valence-electron chi connectivity index (χ1n) is 7.23. The molecule has 0 spiro atoms. The number of aryl methyl sites for hydroxylation is 1. The van der Waals surface area contributed by atoms with Crippen molar-refractivity contribution < 1.29 is 14.3 Å². The van der Waals surface area contributed by atoms with Gasteiger partial charge in [-0.25, -0.2) is 4.98 Å². The van der Waals surface area contributed by atoms with Crippen LogP contribution in [0, 0.1) is 6.92 Å². The van der Waals surface area contributed by atoms with E-state index in [0.717, 1.165) is 5.69 Å². The molecule has 0 aliphatic carbocycles. The average Bonchev–Trinajstić information content (AvgIpc) is 2.53. The van der Waals surface area contributed by atoms with Crippen LogP contribution in [0.15, 0.2) is 36.4 Å². The maximum atomic E-state index is 12.5. The maximum absolute atomic E-state index is 12.5. The lowest BCUT2D eigenvalue weighted by Gasteiger charge is -2.18. The summed E-state index contributed by atoms with van der Waals surface area (Å²) < 4.78 is 5.17. The van der Waals surface area contributed by atoms with Crippen LogP contribution in [0.5, 0.6) is 5.75 Å². The zero-order valence-corrected chi connectivity index (χ0v) is 14.4. The summed E-state index contributed by atoms with van der Waals surface area (Å²) in [6, 6.07) is 10.0. The number of hydrogen-bond acceptors (Lipinski definition) is 4. The molecular formula is C17H18ClN3O3. The van der Waals surface area contributed by atoms with Gasteiger partial charge in [-0.15, -0.1) is 0 Å². The second-order valence-electron chi connectivity index (χ2n) is 5.22. The van der Waals surface area contributed by atoms with Crippen LogP contribution < -0.4 is 10.1 Å². The monoisotopic (exact) mass is 347 g/mol. The normalized spacial score (nSPS) is 10.2. The first-order chi connectivity index (χ1) is 11.4. The summed E-state index contributed by atoms with van der Waals surface area (Å²) >= 11 is 5.89. The molecule has 2 aromatic rings. The number of amides is 2. The second-order valence-corrected chi connectivity index (χ2v) is 5.65. The van der Waals surface area contributed by atoms with E-state index in [1.807, 2.05) is 13.0 Å². The molecule has 126 valence electrons. The Labute approximate surface area is 145 Å². The Kier molecular flexibility index (Phi) is 5.76. The van der Waals surface area contributed by atoms with Gasteiger partial charge in [-0.3, -0.25) is 9.59 Å². The smallest absolute Gasteiger partial charge is 0.257 e. The number of nitrogens with one attached hydrogen (secondary N) is 1. The minimum atomic E-state index is -0.337. The van der Waals surface area contributed by atoms with Crippen LogP contribution in [0.2, 0.25) is 5.02 Å². The summed E-state index contributed by atoms with van der Waals surface area (Å²) in [5.41, 5.74) is 1.13. The number of nitrogens with zero attached hydrogens (tertiary/aromatic N) is 2. The fourth-order valence-corrected chi connectivity index (χ4v) is 2.29. The largest absolute Gasteiger partial charge is 0.496 e. The molecule has 1 aromatic heterocycles. The van der Waals surface area contributed by atoms with Gasteiger partial charge in [0.05, 0.1) is 19.2 Å². The molecule has 2 rings (SSSR count). The van der Waals surface area contributed by atoms with Crippen molar-refractivity contribution in [3.8, 4) is 5.75 Å². The van der Waals surface area contributed by atoms with Crippen molar-refractivity contribution in [3.05, 3.63) is 52.7 Å². The van der Waals surface area contributed by atoms with E-state index in [0.29, 0.717) is 22.2 Å². The van der Waals surface area contributed by atoms with Gasteiger partial charge in [0.15, 0.2) is 0 Å². The Morgan fingerprint density at radius 1 is 1.29 bits per heavy atom. The number of pyridine rings is 1. The number of aromatic nitrogens is 1. The van der Waals surface area contributed by atoms with Crippen molar-refractivity contribution in [2.24, 2.45) is 0 Å². The number of likely N-dealkylation sites (N-methyl/N-ethyl adjacent to an activating group) is 1. The van der Waals surface area contributed by atoms with E-state index in [2.05, 4.69) is 10.3 Å². The molecule has 24 heavy (non-hydrogen) atoms. The molecule has 1 N–H and O–H groups in total. The lowest BCUT2D eigenvalue weighted by Crippen LogP contribution is -2.35. The molecule has 0 fully saturated rings. The molecule has 0 aliphatic rings. The summed E-state index contributed by atoms with van der Waals surface area (Å²) in [4.78, 5) is 30.1. The zero-order chi connectivity index (χ0) is 17.7. The number of hydrogen-bond donors (Lipinski definition) is 1. The molecule has 0 saturated heterocycles. The molecule has 0 atom stereocenters. The van der Waals surface area contributed by atoms with E-state index in [4.69, 9.17) is 16.3 Å². The van der Waals surface area contributed by atoms with Crippen LogP contribution >= 0.6 is 11.6 Å². The number of carbonyl (C=O) groups excluding carboxylic acids is 2. The third-order valence-corrected chi connectivity index (χ3v) is 3.51. The number of ether oxygens (including phenoxy) is 1. The molecule has 0 unspecified atom stereocenters. The lowest BCUT2D eigenvalue weighted by atomic mass is 10.1. The summed E-state index contributed by atoms with van der Waals surface area (Å²) in [5, 5.41) is 3.13. The van der Waals surface area contributed by atoms with Gasteiger partial charge in [0.25, 0.3) is 5.91 Å². The van der Waals surface area contributed by atoms with Crippen molar-refractivity contribution in [2.45, 2.75) is 6.92 Å². The quantitative estimate of drug-likeness (QED) is 0.902. The van der Waals surface area contributed by atoms with Gasteiger partial charge in [0.2, 0.25) is 5.91 Å². The minimum Gasteiger partial charge on any atom is -0.496 e. The van der Waals surface area contributed by atoms with Gasteiger partial charge in [-0.1, -0.05) is 17.7 Å². The summed E-state index contributed by atoms with van der Waals surface area (Å²) in [7, 11) is 3.00. The summed E-state index contributed by atoms with van der Waals surface area (Å²) in [5.74, 6) is 0.137. The van der Waals surface area contributed by atoms with Gasteiger partial charge in [0, 0.05) is 17.8 Å². The lowest BCUT2D eigenvalue weighted by molar-refractivity contribution is -0.116. The number of halogens is 1. The van der Waals surface area contributed by atoms with Crippen molar-refractivity contribution in [1.82, 2.24) is 9.88 Å². The Bertz CT molecular complexity index is 764. The van der Waals surface area contributed by atoms with Crippen LogP contribution in [0.3, 0.4) is 0 Å². The first kappa shape index (κ1) is 17.7. The summed E-state index contributed by atoms with van der Waals surface area (Å²) in [6.45, 7) is 1.72. The van der Waals surface area contributed by atoms with Crippen LogP contribution in [-0.4, -0.2) is 42.4 Å². The third-order valence-electron chi connectivity index (χ3n) is 3.28. The molecule has 1 heterocycles. The fourth-order valence-electron chi connectivity index (χ4n) is 2.13. The number of rotatable bonds is 5. The highest BCUT2D eigenvalue weighted by molar-refractivity contribution is 6.30. The third kappa shape index (κ3) is 4.45. The van der Waals surface area contributed by atoms with Crippen molar-refractivity contribution in [2.75, 3.05) is 26.0 Å². The van der Waals surface area contributed by atoms with Crippen molar-refractivity contribution >= 4 is 29.2 Å². The predicted octanol–water partition coefficient (Wildman–Crippen LogP) is 2.76. The molecular weight excluding hydrogens is 330 g/mol. The van der Waals surface area contributed by atoms with Crippen LogP contribution in [0.25, 0.3) is 0 Å². The Morgan fingerprint density at radius 3 is 2.71 bits per heavy atom. The van der Waals surface area contributed by atoms with E-state index in [1.165, 1.54) is 12.0 Å². The second kappa shape index (κ2) is 7.79. The number of benzene rings is 1. The summed E-state index contributed by atoms with van der Waals surface area (Å²) in [6.07, 6.45) is 0. The number of methoxy groups -OCH3 is 1. The average molecular weight is 348 g/mol. The predicted molar refractivity (Wildman–Crippen MR) is 92.6 cm³/mol. The van der Waals surface area contributed by atoms with E-state index in [1.54, 1.807) is 37.4 Å².